The van der Waals surface area contributed by atoms with E-state index in [-0.39, 0.29) is 67.4 Å². The van der Waals surface area contributed by atoms with Crippen molar-refractivity contribution < 1.29 is 32.3 Å². The van der Waals surface area contributed by atoms with Gasteiger partial charge in [-0.1, -0.05) is 74.5 Å². The number of benzene rings is 3. The first-order valence-corrected chi connectivity index (χ1v) is 20.4. The Bertz CT molecular complexity index is 1900. The maximum absolute atomic E-state index is 14.2. The van der Waals surface area contributed by atoms with Crippen LogP contribution in [0.25, 0.3) is 0 Å². The van der Waals surface area contributed by atoms with Gasteiger partial charge in [-0.25, -0.2) is 0 Å². The van der Waals surface area contributed by atoms with E-state index in [4.69, 9.17) is 4.74 Å². The molecule has 15 heteroatoms. The number of likely N-dealkylation sites (N-methyl/N-ethyl adjacent to an activating group) is 1. The third-order valence-electron chi connectivity index (χ3n) is 9.69. The molecule has 14 nitrogen and oxygen atoms in total. The minimum atomic E-state index is -4.04. The monoisotopic (exact) mass is 791 g/mol. The van der Waals surface area contributed by atoms with Gasteiger partial charge < -0.3 is 31.3 Å². The van der Waals surface area contributed by atoms with Gasteiger partial charge in [0.15, 0.2) is 0 Å². The maximum atomic E-state index is 14.2. The molecule has 1 aliphatic rings. The largest absolute Gasteiger partial charge is 0.379 e. The topological polar surface area (TPSA) is 178 Å². The third-order valence-corrected chi connectivity index (χ3v) is 11.6. The van der Waals surface area contributed by atoms with Crippen LogP contribution in [0, 0.1) is 5.92 Å². The summed E-state index contributed by atoms with van der Waals surface area (Å²) in [4.78, 5) is 54.0. The number of ether oxygens (including phenoxy) is 1. The van der Waals surface area contributed by atoms with Crippen LogP contribution in [0.4, 0.5) is 5.69 Å². The molecule has 1 fully saturated rings. The van der Waals surface area contributed by atoms with Crippen LogP contribution < -0.4 is 30.9 Å². The molecular weight excluding hydrogens is 735 g/mol. The molecular formula is C41H57N7O7S. The molecule has 304 valence electrons. The van der Waals surface area contributed by atoms with Crippen LogP contribution in [-0.2, 0) is 36.5 Å². The van der Waals surface area contributed by atoms with Crippen molar-refractivity contribution in [1.82, 2.24) is 30.9 Å². The van der Waals surface area contributed by atoms with Crippen molar-refractivity contribution in [1.29, 1.82) is 0 Å². The van der Waals surface area contributed by atoms with Gasteiger partial charge in [-0.2, -0.15) is 12.7 Å². The van der Waals surface area contributed by atoms with Gasteiger partial charge in [0, 0.05) is 50.4 Å². The van der Waals surface area contributed by atoms with E-state index in [0.717, 1.165) is 15.4 Å². The average molecular weight is 792 g/mol. The number of nitrogens with one attached hydrogen (secondary N) is 5. The Labute approximate surface area is 331 Å². The second-order valence-electron chi connectivity index (χ2n) is 14.8. The fourth-order valence-corrected chi connectivity index (χ4v) is 7.60. The Morgan fingerprint density at radius 2 is 1.43 bits per heavy atom. The molecule has 3 aromatic carbocycles. The standard InChI is InChI=1S/C41H57N7O7S/c1-8-42-40(52)36(28(2)3)45-37(49)29(4)43-27-34(23-30-15-11-9-12-16-30)44-38(50)31-24-32(39(51)46-41(5,6)33-17-13-10-14-18-33)26-35(25-31)47(7)56(53,54)48-19-21-55-22-20-48/h9-18,24-26,28-29,34,36,43H,8,19-23,27H2,1-7H3,(H,42,52)(H,44,50)(H,45,49)(H,46,51)/t29-,34-,36-/m0/s1. The summed E-state index contributed by atoms with van der Waals surface area (Å²) in [5, 5.41) is 14.9. The van der Waals surface area contributed by atoms with Crippen LogP contribution >= 0.6 is 0 Å². The number of morpholine rings is 1. The lowest BCUT2D eigenvalue weighted by atomic mass is 9.93. The summed E-state index contributed by atoms with van der Waals surface area (Å²) in [6.07, 6.45) is 0.394. The Kier molecular flexibility index (Phi) is 15.6. The molecule has 1 aliphatic heterocycles. The summed E-state index contributed by atoms with van der Waals surface area (Å²) in [5.74, 6) is -1.82. The summed E-state index contributed by atoms with van der Waals surface area (Å²) in [6.45, 7) is 12.4. The van der Waals surface area contributed by atoms with E-state index in [9.17, 15) is 27.6 Å². The molecule has 5 N–H and O–H groups in total. The molecule has 0 radical (unpaired) electrons. The van der Waals surface area contributed by atoms with Crippen LogP contribution in [0.1, 0.15) is 73.4 Å². The lowest BCUT2D eigenvalue weighted by Crippen LogP contribution is -2.55. The summed E-state index contributed by atoms with van der Waals surface area (Å²) in [7, 11) is -2.65. The lowest BCUT2D eigenvalue weighted by Gasteiger charge is -2.31. The van der Waals surface area contributed by atoms with Crippen LogP contribution in [0.5, 0.6) is 0 Å². The van der Waals surface area contributed by atoms with Gasteiger partial charge >= 0.3 is 10.2 Å². The van der Waals surface area contributed by atoms with Gasteiger partial charge in [-0.05, 0) is 69.4 Å². The lowest BCUT2D eigenvalue weighted by molar-refractivity contribution is -0.130. The number of anilines is 1. The molecule has 0 bridgehead atoms. The smallest absolute Gasteiger partial charge is 0.303 e. The van der Waals surface area contributed by atoms with E-state index in [2.05, 4.69) is 26.6 Å². The van der Waals surface area contributed by atoms with Gasteiger partial charge in [-0.15, -0.1) is 0 Å². The number of nitrogens with zero attached hydrogens (tertiary/aromatic N) is 2. The number of carbonyl (C=O) groups is 4. The highest BCUT2D eigenvalue weighted by molar-refractivity contribution is 7.90. The summed E-state index contributed by atoms with van der Waals surface area (Å²) in [6, 6.07) is 21.3. The highest BCUT2D eigenvalue weighted by Gasteiger charge is 2.31. The molecule has 0 aliphatic carbocycles. The maximum Gasteiger partial charge on any atom is 0.303 e. The normalized spacial score (nSPS) is 15.3. The average Bonchev–Trinajstić information content (AvgIpc) is 3.19. The van der Waals surface area contributed by atoms with E-state index in [0.29, 0.717) is 13.0 Å². The van der Waals surface area contributed by atoms with E-state index >= 15 is 0 Å². The number of hydrogen-bond donors (Lipinski definition) is 5. The molecule has 4 rings (SSSR count). The first kappa shape index (κ1) is 43.9. The van der Waals surface area contributed by atoms with E-state index < -0.39 is 45.7 Å². The fourth-order valence-electron chi connectivity index (χ4n) is 6.27. The number of hydrogen-bond acceptors (Lipinski definition) is 8. The molecule has 1 heterocycles. The Balaban J connectivity index is 1.63. The molecule has 1 saturated heterocycles. The minimum Gasteiger partial charge on any atom is -0.379 e. The van der Waals surface area contributed by atoms with Crippen molar-refractivity contribution in [2.75, 3.05) is 50.7 Å². The van der Waals surface area contributed by atoms with Crippen molar-refractivity contribution in [3.05, 3.63) is 101 Å². The SMILES string of the molecule is CCNC(=O)[C@@H](NC(=O)[C@H](C)NC[C@H](Cc1ccccc1)NC(=O)c1cc(C(=O)NC(C)(C)c2ccccc2)cc(N(C)S(=O)(=O)N2CCOCC2)c1)C(C)C. The molecule has 3 aromatic rings. The van der Waals surface area contributed by atoms with Gasteiger partial charge in [0.05, 0.1) is 30.5 Å². The minimum absolute atomic E-state index is 0.0692. The Hall–Kier alpha value is -4.83. The zero-order valence-electron chi connectivity index (χ0n) is 33.4. The van der Waals surface area contributed by atoms with Crippen LogP contribution in [0.3, 0.4) is 0 Å². The van der Waals surface area contributed by atoms with E-state index in [1.165, 1.54) is 29.6 Å². The van der Waals surface area contributed by atoms with E-state index in [1.54, 1.807) is 6.92 Å². The van der Waals surface area contributed by atoms with Gasteiger partial charge in [0.2, 0.25) is 11.8 Å². The highest BCUT2D eigenvalue weighted by Crippen LogP contribution is 2.26. The van der Waals surface area contributed by atoms with Crippen LogP contribution in [-0.4, -0.2) is 101 Å². The second-order valence-corrected chi connectivity index (χ2v) is 16.8. The van der Waals surface area contributed by atoms with Gasteiger partial charge in [0.1, 0.15) is 6.04 Å². The molecule has 0 unspecified atom stereocenters. The van der Waals surface area contributed by atoms with Crippen molar-refractivity contribution in [3.8, 4) is 0 Å². The molecule has 0 aromatic heterocycles. The van der Waals surface area contributed by atoms with Gasteiger partial charge in [-0.3, -0.25) is 23.5 Å². The molecule has 4 amide bonds. The first-order chi connectivity index (χ1) is 26.5. The Morgan fingerprint density at radius 1 is 0.839 bits per heavy atom. The predicted molar refractivity (Wildman–Crippen MR) is 217 cm³/mol. The summed E-state index contributed by atoms with van der Waals surface area (Å²) in [5.41, 5.74) is 1.28. The molecule has 3 atom stereocenters. The predicted octanol–water partition coefficient (Wildman–Crippen LogP) is 2.96. The zero-order chi connectivity index (χ0) is 41.0. The summed E-state index contributed by atoms with van der Waals surface area (Å²) >= 11 is 0. The van der Waals surface area contributed by atoms with E-state index in [1.807, 2.05) is 95.3 Å². The quantitative estimate of drug-likeness (QED) is 0.131. The zero-order valence-corrected chi connectivity index (χ0v) is 34.2. The molecule has 0 saturated carbocycles. The van der Waals surface area contributed by atoms with Crippen molar-refractivity contribution in [2.24, 2.45) is 5.92 Å². The van der Waals surface area contributed by atoms with Gasteiger partial charge in [0.25, 0.3) is 11.8 Å². The fraction of sp³-hybridized carbons (Fsp3) is 0.463. The van der Waals surface area contributed by atoms with Crippen molar-refractivity contribution >= 4 is 39.5 Å². The van der Waals surface area contributed by atoms with Crippen molar-refractivity contribution in [3.63, 3.8) is 0 Å². The Morgan fingerprint density at radius 3 is 2.02 bits per heavy atom. The highest BCUT2D eigenvalue weighted by atomic mass is 32.2. The first-order valence-electron chi connectivity index (χ1n) is 19.0. The molecule has 0 spiro atoms. The van der Waals surface area contributed by atoms with Crippen LogP contribution in [0.15, 0.2) is 78.9 Å². The third kappa shape index (κ3) is 11.8. The number of carbonyl (C=O) groups excluding carboxylic acids is 4. The van der Waals surface area contributed by atoms with Crippen LogP contribution in [0.2, 0.25) is 0 Å². The second kappa shape index (κ2) is 19.9. The molecule has 56 heavy (non-hydrogen) atoms. The number of rotatable bonds is 18. The summed E-state index contributed by atoms with van der Waals surface area (Å²) < 4.78 is 35.2. The number of amides is 4. The van der Waals surface area contributed by atoms with Crippen molar-refractivity contribution in [2.45, 2.75) is 71.6 Å².